The van der Waals surface area contributed by atoms with Gasteiger partial charge < -0.3 is 5.32 Å². The van der Waals surface area contributed by atoms with Crippen molar-refractivity contribution in [3.8, 4) is 6.07 Å². The van der Waals surface area contributed by atoms with Crippen LogP contribution < -0.4 is 5.32 Å². The number of nitrogens with one attached hydrogen (secondary N) is 1. The van der Waals surface area contributed by atoms with Gasteiger partial charge in [-0.25, -0.2) is 0 Å². The third kappa shape index (κ3) is 9.78. The van der Waals surface area contributed by atoms with Crippen molar-refractivity contribution in [1.29, 1.82) is 5.26 Å². The van der Waals surface area contributed by atoms with Crippen molar-refractivity contribution >= 4 is 34.1 Å². The molecule has 0 aromatic heterocycles. The Morgan fingerprint density at radius 3 is 2.28 bits per heavy atom. The third-order valence-corrected chi connectivity index (χ3v) is 7.08. The fourth-order valence-corrected chi connectivity index (χ4v) is 5.06. The van der Waals surface area contributed by atoms with Gasteiger partial charge in [-0.05, 0) is 42.6 Å². The lowest BCUT2D eigenvalue weighted by atomic mass is 9.72. The number of thioether (sulfide) groups is 1. The number of hydrogen-bond donors (Lipinski definition) is 1. The van der Waals surface area contributed by atoms with Gasteiger partial charge in [-0.3, -0.25) is 4.79 Å². The Hall–Kier alpha value is -1.38. The second-order valence-corrected chi connectivity index (χ2v) is 11.7. The van der Waals surface area contributed by atoms with Crippen LogP contribution in [0.4, 0.5) is 0 Å². The fourth-order valence-electron chi connectivity index (χ4n) is 3.46. The molecule has 0 aliphatic heterocycles. The van der Waals surface area contributed by atoms with Crippen molar-refractivity contribution in [3.63, 3.8) is 0 Å². The zero-order valence-electron chi connectivity index (χ0n) is 18.8. The zero-order chi connectivity index (χ0) is 22.1. The van der Waals surface area contributed by atoms with Gasteiger partial charge in [0, 0.05) is 13.0 Å². The maximum absolute atomic E-state index is 12.3. The quantitative estimate of drug-likeness (QED) is 0.405. The SMILES string of the molecule is CCC(C)(C)CC(C)(C)CCNC(=O)CCC(C)(C#N)SC(=S)c1ccccc1. The van der Waals surface area contributed by atoms with E-state index in [2.05, 4.69) is 46.0 Å². The summed E-state index contributed by atoms with van der Waals surface area (Å²) in [5.41, 5.74) is 1.44. The summed E-state index contributed by atoms with van der Waals surface area (Å²) in [6.07, 6.45) is 4.03. The number of amides is 1. The number of thiocarbonyl (C=S) groups is 1. The van der Waals surface area contributed by atoms with Gasteiger partial charge in [0.2, 0.25) is 5.91 Å². The first-order valence-corrected chi connectivity index (χ1v) is 11.6. The van der Waals surface area contributed by atoms with E-state index in [0.717, 1.165) is 24.8 Å². The van der Waals surface area contributed by atoms with E-state index in [1.165, 1.54) is 11.8 Å². The monoisotopic (exact) mass is 432 g/mol. The van der Waals surface area contributed by atoms with Gasteiger partial charge in [-0.2, -0.15) is 5.26 Å². The van der Waals surface area contributed by atoms with E-state index in [4.69, 9.17) is 12.2 Å². The number of hydrogen-bond acceptors (Lipinski definition) is 4. The highest BCUT2D eigenvalue weighted by Gasteiger charge is 2.29. The van der Waals surface area contributed by atoms with Gasteiger partial charge in [-0.1, -0.05) is 95.4 Å². The Morgan fingerprint density at radius 1 is 1.10 bits per heavy atom. The number of carbonyl (C=O) groups is 1. The molecule has 5 heteroatoms. The van der Waals surface area contributed by atoms with E-state index in [-0.39, 0.29) is 11.3 Å². The van der Waals surface area contributed by atoms with Crippen molar-refractivity contribution in [2.24, 2.45) is 10.8 Å². The molecule has 0 heterocycles. The van der Waals surface area contributed by atoms with Crippen LogP contribution in [0.2, 0.25) is 0 Å². The third-order valence-electron chi connectivity index (χ3n) is 5.43. The van der Waals surface area contributed by atoms with Gasteiger partial charge in [0.05, 0.1) is 10.3 Å². The molecule has 0 aliphatic rings. The highest BCUT2D eigenvalue weighted by molar-refractivity contribution is 8.24. The molecule has 1 amide bonds. The van der Waals surface area contributed by atoms with Crippen LogP contribution in [-0.4, -0.2) is 21.4 Å². The molecular formula is C24H36N2OS2. The van der Waals surface area contributed by atoms with Crippen molar-refractivity contribution in [2.45, 2.75) is 78.4 Å². The van der Waals surface area contributed by atoms with E-state index < -0.39 is 4.75 Å². The minimum Gasteiger partial charge on any atom is -0.356 e. The molecule has 0 spiro atoms. The summed E-state index contributed by atoms with van der Waals surface area (Å²) in [5, 5.41) is 12.7. The molecule has 29 heavy (non-hydrogen) atoms. The van der Waals surface area contributed by atoms with E-state index in [1.807, 2.05) is 37.3 Å². The van der Waals surface area contributed by atoms with Crippen LogP contribution in [0.5, 0.6) is 0 Å². The number of nitrogens with zero attached hydrogens (tertiary/aromatic N) is 1. The molecule has 1 N–H and O–H groups in total. The van der Waals surface area contributed by atoms with E-state index in [9.17, 15) is 10.1 Å². The molecule has 1 aromatic rings. The van der Waals surface area contributed by atoms with Crippen LogP contribution in [-0.2, 0) is 4.79 Å². The summed E-state index contributed by atoms with van der Waals surface area (Å²) in [6.45, 7) is 13.9. The lowest BCUT2D eigenvalue weighted by molar-refractivity contribution is -0.121. The van der Waals surface area contributed by atoms with Gasteiger partial charge in [0.1, 0.15) is 4.75 Å². The average Bonchev–Trinajstić information content (AvgIpc) is 2.66. The van der Waals surface area contributed by atoms with Crippen LogP contribution in [0.25, 0.3) is 0 Å². The number of carbonyl (C=O) groups excluding carboxylic acids is 1. The second kappa shape index (κ2) is 11.1. The predicted octanol–water partition coefficient (Wildman–Crippen LogP) is 6.52. The Morgan fingerprint density at radius 2 is 1.72 bits per heavy atom. The molecular weight excluding hydrogens is 396 g/mol. The lowest BCUT2D eigenvalue weighted by Gasteiger charge is -2.34. The molecule has 1 rings (SSSR count). The predicted molar refractivity (Wildman–Crippen MR) is 129 cm³/mol. The molecule has 0 aliphatic carbocycles. The van der Waals surface area contributed by atoms with E-state index >= 15 is 0 Å². The van der Waals surface area contributed by atoms with Crippen molar-refractivity contribution < 1.29 is 4.79 Å². The molecule has 1 atom stereocenters. The largest absolute Gasteiger partial charge is 0.356 e. The summed E-state index contributed by atoms with van der Waals surface area (Å²) in [6, 6.07) is 12.0. The molecule has 3 nitrogen and oxygen atoms in total. The summed E-state index contributed by atoms with van der Waals surface area (Å²) in [7, 11) is 0. The van der Waals surface area contributed by atoms with Crippen LogP contribution in [0.15, 0.2) is 30.3 Å². The highest BCUT2D eigenvalue weighted by Crippen LogP contribution is 2.38. The molecule has 0 bridgehead atoms. The van der Waals surface area contributed by atoms with E-state index in [0.29, 0.717) is 29.0 Å². The molecule has 0 saturated carbocycles. The van der Waals surface area contributed by atoms with Crippen LogP contribution in [0, 0.1) is 22.2 Å². The lowest BCUT2D eigenvalue weighted by Crippen LogP contribution is -2.31. The molecule has 1 aromatic carbocycles. The molecule has 0 fully saturated rings. The second-order valence-electron chi connectivity index (χ2n) is 9.56. The minimum atomic E-state index is -0.714. The summed E-state index contributed by atoms with van der Waals surface area (Å²) < 4.78 is -0.0235. The molecule has 0 saturated heterocycles. The Labute approximate surface area is 187 Å². The Kier molecular flexibility index (Phi) is 9.85. The number of benzene rings is 1. The molecule has 160 valence electrons. The van der Waals surface area contributed by atoms with Crippen molar-refractivity contribution in [2.75, 3.05) is 6.54 Å². The zero-order valence-corrected chi connectivity index (χ0v) is 20.4. The normalized spacial score (nSPS) is 14.0. The number of nitriles is 1. The maximum atomic E-state index is 12.3. The topological polar surface area (TPSA) is 52.9 Å². The minimum absolute atomic E-state index is 0.00302. The van der Waals surface area contributed by atoms with Gasteiger partial charge in [0.25, 0.3) is 0 Å². The van der Waals surface area contributed by atoms with Crippen molar-refractivity contribution in [1.82, 2.24) is 5.32 Å². The molecule has 1 unspecified atom stereocenters. The van der Waals surface area contributed by atoms with Gasteiger partial charge >= 0.3 is 0 Å². The highest BCUT2D eigenvalue weighted by atomic mass is 32.2. The van der Waals surface area contributed by atoms with Gasteiger partial charge in [-0.15, -0.1) is 0 Å². The van der Waals surface area contributed by atoms with Crippen LogP contribution >= 0.6 is 24.0 Å². The summed E-state index contributed by atoms with van der Waals surface area (Å²) in [4.78, 5) is 12.3. The smallest absolute Gasteiger partial charge is 0.220 e. The van der Waals surface area contributed by atoms with Gasteiger partial charge in [0.15, 0.2) is 0 Å². The first kappa shape index (κ1) is 25.7. The summed E-state index contributed by atoms with van der Waals surface area (Å²) in [5.74, 6) is 0.00302. The molecule has 0 radical (unpaired) electrons. The van der Waals surface area contributed by atoms with E-state index in [1.54, 1.807) is 0 Å². The summed E-state index contributed by atoms with van der Waals surface area (Å²) >= 11 is 6.86. The van der Waals surface area contributed by atoms with Crippen LogP contribution in [0.1, 0.15) is 79.2 Å². The Balaban J connectivity index is 2.47. The number of rotatable bonds is 11. The first-order chi connectivity index (χ1) is 13.4. The first-order valence-electron chi connectivity index (χ1n) is 10.4. The van der Waals surface area contributed by atoms with Crippen LogP contribution in [0.3, 0.4) is 0 Å². The Bertz CT molecular complexity index is 722. The standard InChI is InChI=1S/C24H36N2OS2/c1-7-22(2,3)17-23(4,5)15-16-26-20(27)13-14-24(6,18-25)29-21(28)19-11-9-8-10-12-19/h8-12H,7,13-17H2,1-6H3,(H,26,27). The fraction of sp³-hybridized carbons (Fsp3) is 0.625. The average molecular weight is 433 g/mol. The van der Waals surface area contributed by atoms with Crippen molar-refractivity contribution in [3.05, 3.63) is 35.9 Å². The maximum Gasteiger partial charge on any atom is 0.220 e.